The van der Waals surface area contributed by atoms with E-state index in [1.807, 2.05) is 30.3 Å². The Balaban J connectivity index is 1.56. The molecule has 7 nitrogen and oxygen atoms in total. The molecule has 0 radical (unpaired) electrons. The van der Waals surface area contributed by atoms with Crippen molar-refractivity contribution >= 4 is 11.7 Å². The van der Waals surface area contributed by atoms with Crippen molar-refractivity contribution in [2.24, 2.45) is 0 Å². The Hall–Kier alpha value is -3.35. The number of carbonyl (C=O) groups excluding carboxylic acids is 1. The van der Waals surface area contributed by atoms with E-state index in [-0.39, 0.29) is 11.7 Å². The molecule has 7 heteroatoms. The van der Waals surface area contributed by atoms with Crippen molar-refractivity contribution in [1.29, 1.82) is 0 Å². The molecule has 0 spiro atoms. The molecule has 28 heavy (non-hydrogen) atoms. The summed E-state index contributed by atoms with van der Waals surface area (Å²) in [5.74, 6) is 2.69. The second-order valence-corrected chi connectivity index (χ2v) is 6.63. The summed E-state index contributed by atoms with van der Waals surface area (Å²) >= 11 is 0. The van der Waals surface area contributed by atoms with E-state index in [9.17, 15) is 4.79 Å². The minimum absolute atomic E-state index is 0.0348. The van der Waals surface area contributed by atoms with Crippen LogP contribution in [0, 0.1) is 0 Å². The van der Waals surface area contributed by atoms with Gasteiger partial charge in [-0.1, -0.05) is 6.07 Å². The molecule has 1 N–H and O–H groups in total. The van der Waals surface area contributed by atoms with E-state index < -0.39 is 0 Å². The molecule has 0 unspecified atom stereocenters. The van der Waals surface area contributed by atoms with Crippen LogP contribution in [0.3, 0.4) is 0 Å². The molecular formula is C21H21N3O4. The van der Waals surface area contributed by atoms with Crippen LogP contribution in [0.2, 0.25) is 0 Å². The maximum absolute atomic E-state index is 12.6. The summed E-state index contributed by atoms with van der Waals surface area (Å²) < 4.78 is 16.0. The minimum atomic E-state index is 0.0348. The SMILES string of the molecule is COc1ccc([C@@H]2CC(=O)c3cnc(NCc4ccco4)nc3C2)cc1OC. The molecule has 0 amide bonds. The van der Waals surface area contributed by atoms with Gasteiger partial charge in [0.05, 0.1) is 38.3 Å². The highest BCUT2D eigenvalue weighted by atomic mass is 16.5. The number of furan rings is 1. The number of rotatable bonds is 6. The second-order valence-electron chi connectivity index (χ2n) is 6.63. The number of aromatic nitrogens is 2. The van der Waals surface area contributed by atoms with Gasteiger partial charge in [0.15, 0.2) is 17.3 Å². The van der Waals surface area contributed by atoms with E-state index in [2.05, 4.69) is 15.3 Å². The number of anilines is 1. The van der Waals surface area contributed by atoms with Gasteiger partial charge in [-0.05, 0) is 42.2 Å². The zero-order valence-corrected chi connectivity index (χ0v) is 15.8. The molecule has 0 fully saturated rings. The number of ketones is 1. The molecule has 0 saturated heterocycles. The highest BCUT2D eigenvalue weighted by molar-refractivity contribution is 5.98. The lowest BCUT2D eigenvalue weighted by Gasteiger charge is -2.24. The summed E-state index contributed by atoms with van der Waals surface area (Å²) in [7, 11) is 3.21. The van der Waals surface area contributed by atoms with Crippen LogP contribution in [0.1, 0.15) is 39.7 Å². The first-order valence-electron chi connectivity index (χ1n) is 9.05. The van der Waals surface area contributed by atoms with E-state index in [1.165, 1.54) is 0 Å². The molecule has 0 saturated carbocycles. The summed E-state index contributed by atoms with van der Waals surface area (Å²) in [5.41, 5.74) is 2.38. The van der Waals surface area contributed by atoms with E-state index in [0.29, 0.717) is 42.4 Å². The van der Waals surface area contributed by atoms with Crippen LogP contribution in [0.25, 0.3) is 0 Å². The molecule has 2 aromatic heterocycles. The second kappa shape index (κ2) is 7.72. The molecule has 1 aromatic carbocycles. The maximum atomic E-state index is 12.6. The van der Waals surface area contributed by atoms with Gasteiger partial charge in [0.2, 0.25) is 5.95 Å². The molecule has 0 aliphatic heterocycles. The molecule has 1 aliphatic carbocycles. The number of carbonyl (C=O) groups is 1. The van der Waals surface area contributed by atoms with Crippen LogP contribution in [-0.4, -0.2) is 30.0 Å². The Bertz CT molecular complexity index is 985. The standard InChI is InChI=1S/C21H21N3O4/c1-26-19-6-5-13(10-20(19)27-2)14-8-17-16(18(25)9-14)12-23-21(24-17)22-11-15-4-3-7-28-15/h3-7,10,12,14H,8-9,11H2,1-2H3,(H,22,23,24)/t14-/m0/s1. The first kappa shape index (κ1) is 18.0. The number of fused-ring (bicyclic) bond motifs is 1. The lowest BCUT2D eigenvalue weighted by atomic mass is 9.82. The molecule has 4 rings (SSSR count). The van der Waals surface area contributed by atoms with E-state index >= 15 is 0 Å². The third-order valence-corrected chi connectivity index (χ3v) is 4.92. The highest BCUT2D eigenvalue weighted by Gasteiger charge is 2.28. The van der Waals surface area contributed by atoms with E-state index in [1.54, 1.807) is 26.7 Å². The predicted molar refractivity (Wildman–Crippen MR) is 103 cm³/mol. The summed E-state index contributed by atoms with van der Waals surface area (Å²) in [6.07, 6.45) is 4.32. The number of ether oxygens (including phenoxy) is 2. The van der Waals surface area contributed by atoms with Crippen molar-refractivity contribution in [2.45, 2.75) is 25.3 Å². The van der Waals surface area contributed by atoms with Gasteiger partial charge in [-0.25, -0.2) is 9.97 Å². The molecule has 0 bridgehead atoms. The normalized spacial score (nSPS) is 15.8. The Morgan fingerprint density at radius 1 is 1.18 bits per heavy atom. The van der Waals surface area contributed by atoms with Crippen molar-refractivity contribution in [3.05, 3.63) is 65.4 Å². The molecule has 1 atom stereocenters. The molecule has 2 heterocycles. The van der Waals surface area contributed by atoms with Gasteiger partial charge in [-0.2, -0.15) is 0 Å². The van der Waals surface area contributed by atoms with Gasteiger partial charge >= 0.3 is 0 Å². The Morgan fingerprint density at radius 3 is 2.79 bits per heavy atom. The largest absolute Gasteiger partial charge is 0.493 e. The number of nitrogens with zero attached hydrogens (tertiary/aromatic N) is 2. The van der Waals surface area contributed by atoms with Crippen LogP contribution in [0.5, 0.6) is 11.5 Å². The minimum Gasteiger partial charge on any atom is -0.493 e. The van der Waals surface area contributed by atoms with Gasteiger partial charge < -0.3 is 19.2 Å². The highest BCUT2D eigenvalue weighted by Crippen LogP contribution is 2.36. The van der Waals surface area contributed by atoms with Gasteiger partial charge in [0, 0.05) is 12.6 Å². The molecule has 144 valence electrons. The van der Waals surface area contributed by atoms with Crippen LogP contribution < -0.4 is 14.8 Å². The first-order valence-corrected chi connectivity index (χ1v) is 9.05. The molecule has 3 aromatic rings. The van der Waals surface area contributed by atoms with Gasteiger partial charge in [0.1, 0.15) is 5.76 Å². The average Bonchev–Trinajstić information content (AvgIpc) is 3.25. The lowest BCUT2D eigenvalue weighted by molar-refractivity contribution is 0.0962. The van der Waals surface area contributed by atoms with Crippen LogP contribution in [0.15, 0.2) is 47.2 Å². The Labute approximate surface area is 162 Å². The van der Waals surface area contributed by atoms with Crippen molar-refractivity contribution < 1.29 is 18.7 Å². The van der Waals surface area contributed by atoms with E-state index in [0.717, 1.165) is 17.0 Å². The van der Waals surface area contributed by atoms with Crippen molar-refractivity contribution in [1.82, 2.24) is 9.97 Å². The van der Waals surface area contributed by atoms with Gasteiger partial charge in [-0.3, -0.25) is 4.79 Å². The summed E-state index contributed by atoms with van der Waals surface area (Å²) in [6, 6.07) is 9.48. The Kier molecular flexibility index (Phi) is 4.97. The van der Waals surface area contributed by atoms with Crippen molar-refractivity contribution in [3.63, 3.8) is 0 Å². The quantitative estimate of drug-likeness (QED) is 0.700. The third-order valence-electron chi connectivity index (χ3n) is 4.92. The maximum Gasteiger partial charge on any atom is 0.223 e. The van der Waals surface area contributed by atoms with Gasteiger partial charge in [-0.15, -0.1) is 0 Å². The topological polar surface area (TPSA) is 86.5 Å². The fraction of sp³-hybridized carbons (Fsp3) is 0.286. The average molecular weight is 379 g/mol. The molecular weight excluding hydrogens is 358 g/mol. The number of Topliss-reactive ketones (excluding diaryl/α,β-unsaturated/α-hetero) is 1. The third kappa shape index (κ3) is 3.55. The Morgan fingerprint density at radius 2 is 2.04 bits per heavy atom. The van der Waals surface area contributed by atoms with Crippen LogP contribution >= 0.6 is 0 Å². The lowest BCUT2D eigenvalue weighted by Crippen LogP contribution is -2.21. The zero-order valence-electron chi connectivity index (χ0n) is 15.8. The molecule has 1 aliphatic rings. The van der Waals surface area contributed by atoms with Crippen molar-refractivity contribution in [3.8, 4) is 11.5 Å². The van der Waals surface area contributed by atoms with Crippen LogP contribution in [-0.2, 0) is 13.0 Å². The number of hydrogen-bond donors (Lipinski definition) is 1. The summed E-state index contributed by atoms with van der Waals surface area (Å²) in [5, 5.41) is 3.14. The number of benzene rings is 1. The first-order chi connectivity index (χ1) is 13.7. The van der Waals surface area contributed by atoms with Crippen LogP contribution in [0.4, 0.5) is 5.95 Å². The zero-order chi connectivity index (χ0) is 19.5. The number of hydrogen-bond acceptors (Lipinski definition) is 7. The summed E-state index contributed by atoms with van der Waals surface area (Å²) in [6.45, 7) is 0.485. The smallest absolute Gasteiger partial charge is 0.223 e. The number of methoxy groups -OCH3 is 2. The number of nitrogens with one attached hydrogen (secondary N) is 1. The summed E-state index contributed by atoms with van der Waals surface area (Å²) in [4.78, 5) is 21.5. The predicted octanol–water partition coefficient (Wildman–Crippen LogP) is 3.61. The fourth-order valence-electron chi connectivity index (χ4n) is 3.45. The van der Waals surface area contributed by atoms with Gasteiger partial charge in [0.25, 0.3) is 0 Å². The fourth-order valence-corrected chi connectivity index (χ4v) is 3.45. The monoisotopic (exact) mass is 379 g/mol. The van der Waals surface area contributed by atoms with E-state index in [4.69, 9.17) is 13.9 Å². The van der Waals surface area contributed by atoms with Crippen molar-refractivity contribution in [2.75, 3.05) is 19.5 Å².